The van der Waals surface area contributed by atoms with Crippen molar-refractivity contribution < 1.29 is 19.1 Å². The SMILES string of the molecule is CC(C)(C)OC(=O)N1CCC(Cc2ccc3[nH]nc(-c4cn(-c5ccc(C(=O)N6CCOCC6)cc5)nn4)c3c2)CC1. The number of rotatable bonds is 5. The van der Waals surface area contributed by atoms with Crippen molar-refractivity contribution in [3.63, 3.8) is 0 Å². The highest BCUT2D eigenvalue weighted by Gasteiger charge is 2.27. The highest BCUT2D eigenvalue weighted by atomic mass is 16.6. The van der Waals surface area contributed by atoms with Gasteiger partial charge in [-0.1, -0.05) is 11.3 Å². The fourth-order valence-corrected chi connectivity index (χ4v) is 5.57. The van der Waals surface area contributed by atoms with E-state index in [-0.39, 0.29) is 12.0 Å². The van der Waals surface area contributed by atoms with Crippen LogP contribution >= 0.6 is 0 Å². The van der Waals surface area contributed by atoms with Crippen LogP contribution in [0.4, 0.5) is 4.79 Å². The van der Waals surface area contributed by atoms with Crippen molar-refractivity contribution in [1.82, 2.24) is 35.0 Å². The molecule has 0 atom stereocenters. The highest BCUT2D eigenvalue weighted by molar-refractivity contribution is 5.94. The maximum absolute atomic E-state index is 12.8. The minimum absolute atomic E-state index is 0.0107. The summed E-state index contributed by atoms with van der Waals surface area (Å²) < 4.78 is 12.6. The van der Waals surface area contributed by atoms with E-state index in [0.29, 0.717) is 56.6 Å². The number of benzene rings is 2. The van der Waals surface area contributed by atoms with Crippen LogP contribution in [-0.2, 0) is 15.9 Å². The fraction of sp³-hybridized carbons (Fsp3) is 0.452. The molecule has 2 saturated heterocycles. The number of aromatic amines is 1. The number of hydrogen-bond acceptors (Lipinski definition) is 7. The lowest BCUT2D eigenvalue weighted by Gasteiger charge is -2.33. The third-order valence-corrected chi connectivity index (χ3v) is 7.83. The number of morpholine rings is 1. The second-order valence-electron chi connectivity index (χ2n) is 12.1. The van der Waals surface area contributed by atoms with E-state index in [1.807, 2.05) is 61.0 Å². The number of amides is 2. The van der Waals surface area contributed by atoms with E-state index >= 15 is 0 Å². The summed E-state index contributed by atoms with van der Waals surface area (Å²) in [5, 5.41) is 17.4. The first kappa shape index (κ1) is 27.9. The number of carbonyl (C=O) groups is 2. The molecule has 2 aromatic carbocycles. The molecule has 1 N–H and O–H groups in total. The molecule has 6 rings (SSSR count). The van der Waals surface area contributed by atoms with Crippen molar-refractivity contribution >= 4 is 22.9 Å². The standard InChI is InChI=1S/C31H37N7O4/c1-31(2,3)42-30(40)37-12-10-21(11-13-37)18-22-4-9-26-25(19-22)28(34-32-26)27-20-38(35-33-27)24-7-5-23(6-8-24)29(39)36-14-16-41-17-15-36/h4-9,19-21H,10-18H2,1-3H3,(H,32,34). The first-order chi connectivity index (χ1) is 20.2. The van der Waals surface area contributed by atoms with Crippen molar-refractivity contribution in [2.24, 2.45) is 5.92 Å². The van der Waals surface area contributed by atoms with Gasteiger partial charge < -0.3 is 19.3 Å². The van der Waals surface area contributed by atoms with E-state index in [4.69, 9.17) is 9.47 Å². The molecule has 2 amide bonds. The summed E-state index contributed by atoms with van der Waals surface area (Å²) in [6.07, 6.45) is 4.45. The molecule has 0 bridgehead atoms. The Morgan fingerprint density at radius 2 is 1.74 bits per heavy atom. The summed E-state index contributed by atoms with van der Waals surface area (Å²) in [7, 11) is 0. The zero-order valence-electron chi connectivity index (χ0n) is 24.4. The number of nitrogens with zero attached hydrogens (tertiary/aromatic N) is 6. The van der Waals surface area contributed by atoms with Gasteiger partial charge in [0.2, 0.25) is 0 Å². The summed E-state index contributed by atoms with van der Waals surface area (Å²) in [6, 6.07) is 13.8. The van der Waals surface area contributed by atoms with Gasteiger partial charge in [-0.05, 0) is 87.9 Å². The first-order valence-electron chi connectivity index (χ1n) is 14.6. The van der Waals surface area contributed by atoms with E-state index in [2.05, 4.69) is 38.7 Å². The molecule has 11 heteroatoms. The number of likely N-dealkylation sites (tertiary alicyclic amines) is 1. The average molecular weight is 572 g/mol. The molecule has 4 aromatic rings. The summed E-state index contributed by atoms with van der Waals surface area (Å²) in [4.78, 5) is 28.8. The quantitative estimate of drug-likeness (QED) is 0.375. The molecular weight excluding hydrogens is 534 g/mol. The van der Waals surface area contributed by atoms with Crippen LogP contribution < -0.4 is 0 Å². The molecule has 0 spiro atoms. The largest absolute Gasteiger partial charge is 0.444 e. The topological polar surface area (TPSA) is 118 Å². The Hall–Kier alpha value is -4.25. The number of ether oxygens (including phenoxy) is 2. The summed E-state index contributed by atoms with van der Waals surface area (Å²) >= 11 is 0. The van der Waals surface area contributed by atoms with Crippen LogP contribution in [0.3, 0.4) is 0 Å². The number of fused-ring (bicyclic) bond motifs is 1. The highest BCUT2D eigenvalue weighted by Crippen LogP contribution is 2.29. The molecule has 220 valence electrons. The normalized spacial score (nSPS) is 16.6. The zero-order valence-corrected chi connectivity index (χ0v) is 24.4. The number of nitrogens with one attached hydrogen (secondary N) is 1. The summed E-state index contributed by atoms with van der Waals surface area (Å²) in [6.45, 7) is 9.48. The second kappa shape index (κ2) is 11.6. The van der Waals surface area contributed by atoms with Crippen LogP contribution in [0.5, 0.6) is 0 Å². The van der Waals surface area contributed by atoms with Crippen LogP contribution in [-0.4, -0.2) is 92.0 Å². The van der Waals surface area contributed by atoms with Crippen molar-refractivity contribution in [3.8, 4) is 17.1 Å². The molecule has 42 heavy (non-hydrogen) atoms. The van der Waals surface area contributed by atoms with Crippen molar-refractivity contribution in [2.45, 2.75) is 45.6 Å². The van der Waals surface area contributed by atoms with Crippen molar-refractivity contribution in [1.29, 1.82) is 0 Å². The second-order valence-corrected chi connectivity index (χ2v) is 12.1. The molecule has 2 aromatic heterocycles. The van der Waals surface area contributed by atoms with E-state index in [0.717, 1.165) is 41.5 Å². The van der Waals surface area contributed by atoms with Gasteiger partial charge in [0.25, 0.3) is 5.91 Å². The number of H-pyrrole nitrogens is 1. The predicted molar refractivity (Wildman–Crippen MR) is 157 cm³/mol. The van der Waals surface area contributed by atoms with E-state index in [9.17, 15) is 9.59 Å². The number of hydrogen-bond donors (Lipinski definition) is 1. The van der Waals surface area contributed by atoms with E-state index in [1.165, 1.54) is 5.56 Å². The van der Waals surface area contributed by atoms with Gasteiger partial charge in [0.05, 0.1) is 30.6 Å². The van der Waals surface area contributed by atoms with Crippen LogP contribution in [0.1, 0.15) is 49.5 Å². The number of aromatic nitrogens is 5. The van der Waals surface area contributed by atoms with E-state index in [1.54, 1.807) is 4.68 Å². The van der Waals surface area contributed by atoms with Gasteiger partial charge in [0.15, 0.2) is 0 Å². The smallest absolute Gasteiger partial charge is 0.410 e. The maximum Gasteiger partial charge on any atom is 0.410 e. The molecule has 2 fully saturated rings. The fourth-order valence-electron chi connectivity index (χ4n) is 5.57. The molecule has 0 aliphatic carbocycles. The molecule has 11 nitrogen and oxygen atoms in total. The van der Waals surface area contributed by atoms with Gasteiger partial charge >= 0.3 is 6.09 Å². The van der Waals surface area contributed by atoms with Crippen molar-refractivity contribution in [3.05, 3.63) is 59.8 Å². The minimum Gasteiger partial charge on any atom is -0.444 e. The van der Waals surface area contributed by atoms with Crippen LogP contribution in [0.25, 0.3) is 28.0 Å². The van der Waals surface area contributed by atoms with Gasteiger partial charge in [0.1, 0.15) is 17.0 Å². The first-order valence-corrected chi connectivity index (χ1v) is 14.6. The average Bonchev–Trinajstić information content (AvgIpc) is 3.64. The molecule has 2 aliphatic heterocycles. The predicted octanol–water partition coefficient (Wildman–Crippen LogP) is 4.47. The Bertz CT molecular complexity index is 1560. The van der Waals surface area contributed by atoms with Gasteiger partial charge in [0, 0.05) is 37.1 Å². The monoisotopic (exact) mass is 571 g/mol. The molecular formula is C31H37N7O4. The Morgan fingerprint density at radius 3 is 2.45 bits per heavy atom. The summed E-state index contributed by atoms with van der Waals surface area (Å²) in [5.41, 5.74) is 4.55. The molecule has 4 heterocycles. The Kier molecular flexibility index (Phi) is 7.68. The lowest BCUT2D eigenvalue weighted by atomic mass is 9.90. The maximum atomic E-state index is 12.8. The molecule has 2 aliphatic rings. The van der Waals surface area contributed by atoms with Gasteiger partial charge in [-0.3, -0.25) is 9.89 Å². The minimum atomic E-state index is -0.481. The van der Waals surface area contributed by atoms with E-state index < -0.39 is 5.60 Å². The Balaban J connectivity index is 1.12. The van der Waals surface area contributed by atoms with Crippen LogP contribution in [0, 0.1) is 5.92 Å². The van der Waals surface area contributed by atoms with Crippen LogP contribution in [0.15, 0.2) is 48.7 Å². The van der Waals surface area contributed by atoms with Crippen LogP contribution in [0.2, 0.25) is 0 Å². The molecule has 0 radical (unpaired) electrons. The Labute approximate surface area is 244 Å². The molecule has 0 saturated carbocycles. The summed E-state index contributed by atoms with van der Waals surface area (Å²) in [5.74, 6) is 0.506. The van der Waals surface area contributed by atoms with Crippen molar-refractivity contribution in [2.75, 3.05) is 39.4 Å². The molecule has 0 unspecified atom stereocenters. The lowest BCUT2D eigenvalue weighted by Crippen LogP contribution is -2.42. The van der Waals surface area contributed by atoms with Gasteiger partial charge in [-0.15, -0.1) is 5.10 Å². The number of piperidine rings is 1. The van der Waals surface area contributed by atoms with Gasteiger partial charge in [-0.2, -0.15) is 5.10 Å². The lowest BCUT2D eigenvalue weighted by molar-refractivity contribution is 0.0184. The zero-order chi connectivity index (χ0) is 29.3. The third kappa shape index (κ3) is 6.15. The Morgan fingerprint density at radius 1 is 1.00 bits per heavy atom. The van der Waals surface area contributed by atoms with Gasteiger partial charge in [-0.25, -0.2) is 9.48 Å². The number of carbonyl (C=O) groups excluding carboxylic acids is 2. The third-order valence-electron chi connectivity index (χ3n) is 7.83.